The van der Waals surface area contributed by atoms with Crippen LogP contribution >= 0.6 is 0 Å². The summed E-state index contributed by atoms with van der Waals surface area (Å²) in [5.74, 6) is -1.23. The van der Waals surface area contributed by atoms with Crippen LogP contribution in [-0.2, 0) is 23.9 Å². The summed E-state index contributed by atoms with van der Waals surface area (Å²) in [6, 6.07) is 11.3. The minimum atomic E-state index is -1.39. The Labute approximate surface area is 204 Å². The molecule has 0 fully saturated rings. The molecule has 1 unspecified atom stereocenters. The smallest absolute Gasteiger partial charge is 0.338 e. The van der Waals surface area contributed by atoms with E-state index in [9.17, 15) is 19.5 Å². The molecule has 35 heavy (non-hydrogen) atoms. The predicted molar refractivity (Wildman–Crippen MR) is 129 cm³/mol. The lowest BCUT2D eigenvalue weighted by Gasteiger charge is -2.16. The van der Waals surface area contributed by atoms with E-state index < -0.39 is 24.2 Å². The minimum absolute atomic E-state index is 0.0753. The number of esters is 3. The van der Waals surface area contributed by atoms with E-state index in [1.807, 2.05) is 0 Å². The summed E-state index contributed by atoms with van der Waals surface area (Å²) >= 11 is 0. The van der Waals surface area contributed by atoms with Gasteiger partial charge in [-0.1, -0.05) is 31.9 Å². The van der Waals surface area contributed by atoms with Crippen LogP contribution in [0, 0.1) is 0 Å². The molecule has 0 amide bonds. The summed E-state index contributed by atoms with van der Waals surface area (Å²) < 4.78 is 20.9. The third-order valence-electron chi connectivity index (χ3n) is 4.46. The number of benzene rings is 2. The summed E-state index contributed by atoms with van der Waals surface area (Å²) in [6.45, 7) is 15.0. The van der Waals surface area contributed by atoms with E-state index in [-0.39, 0.29) is 35.7 Å². The van der Waals surface area contributed by atoms with E-state index in [1.54, 1.807) is 43.3 Å². The first-order valence-electron chi connectivity index (χ1n) is 10.6. The molecule has 0 bridgehead atoms. The van der Waals surface area contributed by atoms with Crippen molar-refractivity contribution in [2.45, 2.75) is 27.1 Å². The van der Waals surface area contributed by atoms with Crippen LogP contribution in [0.25, 0.3) is 11.1 Å². The Hall–Kier alpha value is -4.01. The monoisotopic (exact) mass is 480 g/mol. The van der Waals surface area contributed by atoms with Gasteiger partial charge in [0.25, 0.3) is 0 Å². The van der Waals surface area contributed by atoms with Gasteiger partial charge in [0.15, 0.2) is 6.29 Å². The zero-order valence-corrected chi connectivity index (χ0v) is 20.0. The van der Waals surface area contributed by atoms with E-state index in [1.165, 1.54) is 19.9 Å². The van der Waals surface area contributed by atoms with Gasteiger partial charge in [-0.2, -0.15) is 0 Å². The molecule has 0 saturated heterocycles. The maximum absolute atomic E-state index is 12.0. The zero-order chi connectivity index (χ0) is 26.1. The number of carbonyl (C=O) groups excluding carboxylic acids is 3. The SMILES string of the molecule is C=C(C)C(=O)OCCOC(O)c1cc(OC(=O)C(=C)C)cc(-c2ccc(OC(=O)C(=C)C)cc2)c1. The summed E-state index contributed by atoms with van der Waals surface area (Å²) in [7, 11) is 0. The third kappa shape index (κ3) is 8.37. The lowest BCUT2D eigenvalue weighted by Crippen LogP contribution is -2.14. The Bertz CT molecular complexity index is 1140. The summed E-state index contributed by atoms with van der Waals surface area (Å²) in [6.07, 6.45) is -1.39. The highest BCUT2D eigenvalue weighted by Crippen LogP contribution is 2.31. The quantitative estimate of drug-likeness (QED) is 0.165. The molecule has 2 aromatic carbocycles. The number of hydrogen-bond donors (Lipinski definition) is 1. The van der Waals surface area contributed by atoms with E-state index in [2.05, 4.69) is 19.7 Å². The number of rotatable bonds is 11. The Balaban J connectivity index is 2.25. The van der Waals surface area contributed by atoms with Crippen LogP contribution in [-0.4, -0.2) is 36.2 Å². The van der Waals surface area contributed by atoms with Crippen LogP contribution < -0.4 is 9.47 Å². The van der Waals surface area contributed by atoms with Gasteiger partial charge in [0.1, 0.15) is 18.1 Å². The molecule has 2 rings (SSSR count). The predicted octanol–water partition coefficient (Wildman–Crippen LogP) is 4.44. The topological polar surface area (TPSA) is 108 Å². The molecule has 0 saturated carbocycles. The van der Waals surface area contributed by atoms with Crippen molar-refractivity contribution >= 4 is 17.9 Å². The highest BCUT2D eigenvalue weighted by Gasteiger charge is 2.15. The van der Waals surface area contributed by atoms with Gasteiger partial charge in [-0.25, -0.2) is 14.4 Å². The Kier molecular flexibility index (Phi) is 9.69. The largest absolute Gasteiger partial charge is 0.460 e. The average molecular weight is 481 g/mol. The minimum Gasteiger partial charge on any atom is -0.460 e. The van der Waals surface area contributed by atoms with Crippen LogP contribution in [0.4, 0.5) is 0 Å². The molecular formula is C27H28O8. The molecule has 0 heterocycles. The standard InChI is InChI=1S/C27H28O8/c1-16(2)24(28)32-11-12-33-27(31)21-13-20(14-23(15-21)35-26(30)18(5)6)19-7-9-22(10-8-19)34-25(29)17(3)4/h7-10,13-15,27,31H,1,3,5,11-12H2,2,4,6H3. The molecule has 184 valence electrons. The molecule has 2 aromatic rings. The van der Waals surface area contributed by atoms with E-state index >= 15 is 0 Å². The Morgan fingerprint density at radius 3 is 1.83 bits per heavy atom. The van der Waals surface area contributed by atoms with Gasteiger partial charge in [0.05, 0.1) is 6.61 Å². The van der Waals surface area contributed by atoms with Crippen molar-refractivity contribution in [2.75, 3.05) is 13.2 Å². The van der Waals surface area contributed by atoms with Gasteiger partial charge in [-0.3, -0.25) is 0 Å². The maximum atomic E-state index is 12.0. The van der Waals surface area contributed by atoms with Gasteiger partial charge in [-0.05, 0) is 62.2 Å². The van der Waals surface area contributed by atoms with Crippen molar-refractivity contribution in [2.24, 2.45) is 0 Å². The summed E-state index contributed by atoms with van der Waals surface area (Å²) in [5.41, 5.74) is 2.32. The first-order valence-corrected chi connectivity index (χ1v) is 10.6. The van der Waals surface area contributed by atoms with E-state index in [0.717, 1.165) is 0 Å². The molecular weight excluding hydrogens is 452 g/mol. The van der Waals surface area contributed by atoms with Crippen molar-refractivity contribution in [1.82, 2.24) is 0 Å². The second kappa shape index (κ2) is 12.5. The molecule has 1 N–H and O–H groups in total. The molecule has 0 aliphatic heterocycles. The molecule has 0 aliphatic carbocycles. The van der Waals surface area contributed by atoms with Crippen molar-refractivity contribution in [3.63, 3.8) is 0 Å². The van der Waals surface area contributed by atoms with Crippen LogP contribution in [0.15, 0.2) is 78.9 Å². The fourth-order valence-electron chi connectivity index (χ4n) is 2.61. The fourth-order valence-corrected chi connectivity index (χ4v) is 2.61. The fraction of sp³-hybridized carbons (Fsp3) is 0.222. The molecule has 0 aliphatic rings. The maximum Gasteiger partial charge on any atom is 0.338 e. The van der Waals surface area contributed by atoms with E-state index in [4.69, 9.17) is 18.9 Å². The van der Waals surface area contributed by atoms with Gasteiger partial charge < -0.3 is 24.1 Å². The van der Waals surface area contributed by atoms with Crippen LogP contribution in [0.2, 0.25) is 0 Å². The molecule has 1 atom stereocenters. The lowest BCUT2D eigenvalue weighted by atomic mass is 10.0. The average Bonchev–Trinajstić information content (AvgIpc) is 2.81. The summed E-state index contributed by atoms with van der Waals surface area (Å²) in [4.78, 5) is 35.2. The first kappa shape index (κ1) is 27.2. The van der Waals surface area contributed by atoms with Gasteiger partial charge in [-0.15, -0.1) is 0 Å². The van der Waals surface area contributed by atoms with Crippen LogP contribution in [0.5, 0.6) is 11.5 Å². The zero-order valence-electron chi connectivity index (χ0n) is 20.0. The van der Waals surface area contributed by atoms with Crippen molar-refractivity contribution in [3.8, 4) is 22.6 Å². The number of hydrogen-bond acceptors (Lipinski definition) is 8. The Morgan fingerprint density at radius 1 is 0.743 bits per heavy atom. The molecule has 8 nitrogen and oxygen atoms in total. The number of aliphatic hydroxyl groups excluding tert-OH is 1. The first-order chi connectivity index (χ1) is 16.5. The second-order valence-electron chi connectivity index (χ2n) is 7.79. The van der Waals surface area contributed by atoms with Gasteiger partial charge in [0, 0.05) is 22.3 Å². The lowest BCUT2D eigenvalue weighted by molar-refractivity contribution is -0.147. The molecule has 0 spiro atoms. The van der Waals surface area contributed by atoms with Gasteiger partial charge >= 0.3 is 17.9 Å². The van der Waals surface area contributed by atoms with Crippen LogP contribution in [0.3, 0.4) is 0 Å². The number of ether oxygens (including phenoxy) is 4. The highest BCUT2D eigenvalue weighted by molar-refractivity contribution is 5.89. The van der Waals surface area contributed by atoms with Crippen molar-refractivity contribution < 1.29 is 38.4 Å². The van der Waals surface area contributed by atoms with Crippen molar-refractivity contribution in [1.29, 1.82) is 0 Å². The normalized spacial score (nSPS) is 11.2. The van der Waals surface area contributed by atoms with E-state index in [0.29, 0.717) is 22.4 Å². The number of carbonyl (C=O) groups is 3. The Morgan fingerprint density at radius 2 is 1.29 bits per heavy atom. The molecule has 0 aromatic heterocycles. The van der Waals surface area contributed by atoms with Gasteiger partial charge in [0.2, 0.25) is 0 Å². The second-order valence-corrected chi connectivity index (χ2v) is 7.79. The highest BCUT2D eigenvalue weighted by atomic mass is 16.6. The van der Waals surface area contributed by atoms with Crippen molar-refractivity contribution in [3.05, 3.63) is 84.5 Å². The molecule has 0 radical (unpaired) electrons. The third-order valence-corrected chi connectivity index (χ3v) is 4.46. The van der Waals surface area contributed by atoms with Crippen LogP contribution in [0.1, 0.15) is 32.6 Å². The summed E-state index contributed by atoms with van der Waals surface area (Å²) in [5, 5.41) is 10.5. The molecule has 8 heteroatoms. The number of aliphatic hydroxyl groups is 1.